The van der Waals surface area contributed by atoms with Gasteiger partial charge >= 0.3 is 6.18 Å². The molecule has 0 saturated heterocycles. The van der Waals surface area contributed by atoms with E-state index in [4.69, 9.17) is 0 Å². The number of aliphatic imine (C=N–C) groups is 1. The molecule has 1 heterocycles. The second-order valence-electron chi connectivity index (χ2n) is 6.27. The number of benzene rings is 2. The number of amides is 2. The van der Waals surface area contributed by atoms with Crippen molar-refractivity contribution >= 4 is 29.1 Å². The molecular weight excluding hydrogens is 373 g/mol. The van der Waals surface area contributed by atoms with Gasteiger partial charge < -0.3 is 10.6 Å². The summed E-state index contributed by atoms with van der Waals surface area (Å²) in [5, 5.41) is 7.61. The van der Waals surface area contributed by atoms with Gasteiger partial charge in [-0.05, 0) is 31.2 Å². The van der Waals surface area contributed by atoms with Crippen LogP contribution in [0.2, 0.25) is 0 Å². The van der Waals surface area contributed by atoms with E-state index >= 15 is 0 Å². The van der Waals surface area contributed by atoms with Crippen molar-refractivity contribution in [2.24, 2.45) is 4.99 Å². The minimum atomic E-state index is -4.62. The number of para-hydroxylation sites is 1. The minimum Gasteiger partial charge on any atom is -0.326 e. The molecule has 0 radical (unpaired) electrons. The van der Waals surface area contributed by atoms with Gasteiger partial charge in [0.2, 0.25) is 17.8 Å². The average Bonchev–Trinajstić information content (AvgIpc) is 2.63. The number of halogens is 3. The zero-order valence-electron chi connectivity index (χ0n) is 14.8. The van der Waals surface area contributed by atoms with Crippen molar-refractivity contribution in [3.05, 3.63) is 59.7 Å². The molecule has 1 aliphatic heterocycles. The fourth-order valence-electron chi connectivity index (χ4n) is 2.64. The molecule has 2 aromatic carbocycles. The van der Waals surface area contributed by atoms with Crippen LogP contribution in [0.3, 0.4) is 0 Å². The number of nitrogens with one attached hydrogen (secondary N) is 3. The smallest absolute Gasteiger partial charge is 0.326 e. The Balaban J connectivity index is 1.78. The number of aryl methyl sites for hydroxylation is 1. The Hall–Kier alpha value is -3.36. The molecule has 1 atom stereocenters. The van der Waals surface area contributed by atoms with Crippen LogP contribution in [0.15, 0.2) is 53.5 Å². The molecule has 0 saturated carbocycles. The number of alkyl halides is 3. The molecule has 2 aromatic rings. The third-order valence-electron chi connectivity index (χ3n) is 4.03. The van der Waals surface area contributed by atoms with Crippen LogP contribution in [-0.2, 0) is 15.8 Å². The van der Waals surface area contributed by atoms with Crippen LogP contribution in [0.1, 0.15) is 17.5 Å². The maximum Gasteiger partial charge on any atom is 0.418 e. The van der Waals surface area contributed by atoms with Crippen LogP contribution in [0.25, 0.3) is 0 Å². The van der Waals surface area contributed by atoms with E-state index in [0.29, 0.717) is 5.69 Å². The first-order valence-electron chi connectivity index (χ1n) is 8.41. The first-order valence-corrected chi connectivity index (χ1v) is 8.41. The highest BCUT2D eigenvalue weighted by molar-refractivity contribution is 6.10. The SMILES string of the molecule is Cc1ccc(NC2=NC(C(=O)Nc3ccccc3C(F)(F)F)CC(=O)N2)cc1. The Bertz CT molecular complexity index is 924. The molecule has 0 aliphatic carbocycles. The molecule has 28 heavy (non-hydrogen) atoms. The predicted molar refractivity (Wildman–Crippen MR) is 98.9 cm³/mol. The number of guanidine groups is 1. The van der Waals surface area contributed by atoms with E-state index in [1.54, 1.807) is 12.1 Å². The highest BCUT2D eigenvalue weighted by Gasteiger charge is 2.35. The molecule has 1 unspecified atom stereocenters. The Morgan fingerprint density at radius 2 is 1.82 bits per heavy atom. The van der Waals surface area contributed by atoms with Gasteiger partial charge in [-0.15, -0.1) is 0 Å². The number of rotatable bonds is 3. The molecular formula is C19H17F3N4O2. The maximum atomic E-state index is 13.1. The van der Waals surface area contributed by atoms with E-state index in [0.717, 1.165) is 17.7 Å². The van der Waals surface area contributed by atoms with Gasteiger partial charge in [0.15, 0.2) is 0 Å². The second-order valence-corrected chi connectivity index (χ2v) is 6.27. The van der Waals surface area contributed by atoms with Crippen molar-refractivity contribution in [1.82, 2.24) is 5.32 Å². The molecule has 0 aromatic heterocycles. The molecule has 1 aliphatic rings. The number of nitrogens with zero attached hydrogens (tertiary/aromatic N) is 1. The van der Waals surface area contributed by atoms with Crippen molar-refractivity contribution in [3.63, 3.8) is 0 Å². The summed E-state index contributed by atoms with van der Waals surface area (Å²) in [7, 11) is 0. The largest absolute Gasteiger partial charge is 0.418 e. The third-order valence-corrected chi connectivity index (χ3v) is 4.03. The molecule has 0 bridgehead atoms. The van der Waals surface area contributed by atoms with E-state index < -0.39 is 29.6 Å². The molecule has 3 N–H and O–H groups in total. The van der Waals surface area contributed by atoms with Crippen LogP contribution in [0.4, 0.5) is 24.5 Å². The van der Waals surface area contributed by atoms with Crippen molar-refractivity contribution < 1.29 is 22.8 Å². The van der Waals surface area contributed by atoms with E-state index in [1.165, 1.54) is 12.1 Å². The van der Waals surface area contributed by atoms with E-state index in [9.17, 15) is 22.8 Å². The number of anilines is 2. The Kier molecular flexibility index (Phi) is 5.34. The normalized spacial score (nSPS) is 16.8. The Morgan fingerprint density at radius 1 is 1.14 bits per heavy atom. The van der Waals surface area contributed by atoms with Crippen LogP contribution in [0, 0.1) is 6.92 Å². The number of carbonyl (C=O) groups excluding carboxylic acids is 2. The highest BCUT2D eigenvalue weighted by atomic mass is 19.4. The van der Waals surface area contributed by atoms with Gasteiger partial charge in [0, 0.05) is 5.69 Å². The molecule has 3 rings (SSSR count). The fraction of sp³-hybridized carbons (Fsp3) is 0.211. The summed E-state index contributed by atoms with van der Waals surface area (Å²) in [4.78, 5) is 28.5. The summed E-state index contributed by atoms with van der Waals surface area (Å²) in [6, 6.07) is 10.7. The summed E-state index contributed by atoms with van der Waals surface area (Å²) >= 11 is 0. The summed E-state index contributed by atoms with van der Waals surface area (Å²) < 4.78 is 39.2. The minimum absolute atomic E-state index is 0.0596. The van der Waals surface area contributed by atoms with Crippen molar-refractivity contribution in [3.8, 4) is 0 Å². The summed E-state index contributed by atoms with van der Waals surface area (Å²) in [6.07, 6.45) is -4.88. The highest BCUT2D eigenvalue weighted by Crippen LogP contribution is 2.34. The predicted octanol–water partition coefficient (Wildman–Crippen LogP) is 3.31. The lowest BCUT2D eigenvalue weighted by atomic mass is 10.1. The van der Waals surface area contributed by atoms with Crippen molar-refractivity contribution in [2.75, 3.05) is 10.6 Å². The van der Waals surface area contributed by atoms with Crippen molar-refractivity contribution in [2.45, 2.75) is 25.6 Å². The van der Waals surface area contributed by atoms with Gasteiger partial charge in [-0.2, -0.15) is 13.2 Å². The van der Waals surface area contributed by atoms with Crippen molar-refractivity contribution in [1.29, 1.82) is 0 Å². The second kappa shape index (κ2) is 7.71. The molecule has 6 nitrogen and oxygen atoms in total. The summed E-state index contributed by atoms with van der Waals surface area (Å²) in [5.41, 5.74) is 0.341. The van der Waals surface area contributed by atoms with Gasteiger partial charge in [0.1, 0.15) is 6.04 Å². The Labute approximate surface area is 158 Å². The third kappa shape index (κ3) is 4.67. The monoisotopic (exact) mass is 390 g/mol. The number of hydrogen-bond donors (Lipinski definition) is 3. The molecule has 2 amide bonds. The zero-order chi connectivity index (χ0) is 20.3. The lowest BCUT2D eigenvalue weighted by molar-refractivity contribution is -0.137. The van der Waals surface area contributed by atoms with Crippen LogP contribution in [0.5, 0.6) is 0 Å². The first kappa shape index (κ1) is 19.4. The van der Waals surface area contributed by atoms with E-state index in [-0.39, 0.29) is 18.1 Å². The van der Waals surface area contributed by atoms with Gasteiger partial charge in [-0.1, -0.05) is 29.8 Å². The lowest BCUT2D eigenvalue weighted by Crippen LogP contribution is -2.45. The first-order chi connectivity index (χ1) is 13.2. The lowest BCUT2D eigenvalue weighted by Gasteiger charge is -2.22. The van der Waals surface area contributed by atoms with E-state index in [1.807, 2.05) is 19.1 Å². The van der Waals surface area contributed by atoms with Gasteiger partial charge in [0.25, 0.3) is 0 Å². The fourth-order valence-corrected chi connectivity index (χ4v) is 2.64. The van der Waals surface area contributed by atoms with E-state index in [2.05, 4.69) is 20.9 Å². The molecule has 146 valence electrons. The standard InChI is InChI=1S/C19H17F3N4O2/c1-11-6-8-12(9-7-11)23-18-25-15(10-16(27)26-18)17(28)24-14-5-3-2-4-13(14)19(20,21)22/h2-9,15H,10H2,1H3,(H,24,28)(H2,23,25,26,27). The van der Waals surface area contributed by atoms with Gasteiger partial charge in [0.05, 0.1) is 17.7 Å². The topological polar surface area (TPSA) is 82.6 Å². The maximum absolute atomic E-state index is 13.1. The van der Waals surface area contributed by atoms with Gasteiger partial charge in [-0.25, -0.2) is 4.99 Å². The average molecular weight is 390 g/mol. The number of hydrogen-bond acceptors (Lipinski definition) is 4. The molecule has 0 fully saturated rings. The zero-order valence-corrected chi connectivity index (χ0v) is 14.8. The summed E-state index contributed by atoms with van der Waals surface area (Å²) in [5.74, 6) is -1.20. The van der Waals surface area contributed by atoms with Crippen LogP contribution >= 0.6 is 0 Å². The molecule has 9 heteroatoms. The molecule has 0 spiro atoms. The van der Waals surface area contributed by atoms with Crippen LogP contribution in [-0.4, -0.2) is 23.8 Å². The Morgan fingerprint density at radius 3 is 2.50 bits per heavy atom. The van der Waals surface area contributed by atoms with Gasteiger partial charge in [-0.3, -0.25) is 14.9 Å². The summed E-state index contributed by atoms with van der Waals surface area (Å²) in [6.45, 7) is 1.92. The number of carbonyl (C=O) groups is 2. The quantitative estimate of drug-likeness (QED) is 0.752. The van der Waals surface area contributed by atoms with Crippen LogP contribution < -0.4 is 16.0 Å².